The molecule has 1 aromatic carbocycles. The third-order valence-electron chi connectivity index (χ3n) is 9.61. The highest BCUT2D eigenvalue weighted by atomic mass is 35.5. The van der Waals surface area contributed by atoms with E-state index in [0.717, 1.165) is 12.8 Å². The van der Waals surface area contributed by atoms with E-state index in [-0.39, 0.29) is 35.5 Å². The first kappa shape index (κ1) is 29.9. The molecule has 3 aromatic rings. The maximum Gasteiger partial charge on any atom is 0.333 e. The molecule has 2 unspecified atom stereocenters. The third-order valence-corrected chi connectivity index (χ3v) is 12.6. The number of amidine groups is 1. The van der Waals surface area contributed by atoms with Crippen molar-refractivity contribution in [3.63, 3.8) is 0 Å². The molecule has 4 aliphatic rings. The van der Waals surface area contributed by atoms with Crippen molar-refractivity contribution in [2.45, 2.75) is 68.5 Å². The first-order chi connectivity index (χ1) is 20.9. The fourth-order valence-corrected chi connectivity index (χ4v) is 10.1. The Balaban J connectivity index is 1.29. The number of nitrogens with one attached hydrogen (secondary N) is 1. The summed E-state index contributed by atoms with van der Waals surface area (Å²) in [5, 5.41) is 16.9. The van der Waals surface area contributed by atoms with Crippen LogP contribution in [0.1, 0.15) is 67.9 Å². The Labute approximate surface area is 261 Å². The van der Waals surface area contributed by atoms with Crippen molar-refractivity contribution in [3.05, 3.63) is 74.8 Å². The molecule has 0 amide bonds. The first-order valence-electron chi connectivity index (χ1n) is 14.4. The predicted octanol–water partition coefficient (Wildman–Crippen LogP) is 5.37. The van der Waals surface area contributed by atoms with Gasteiger partial charge in [0, 0.05) is 58.6 Å². The van der Waals surface area contributed by atoms with Crippen LogP contribution in [0.15, 0.2) is 52.7 Å². The minimum absolute atomic E-state index is 0.0677. The van der Waals surface area contributed by atoms with E-state index in [1.165, 1.54) is 41.8 Å². The number of nitrogens with zero attached hydrogens (tertiary/aromatic N) is 5. The molecule has 234 valence electrons. The molecule has 2 aliphatic carbocycles. The van der Waals surface area contributed by atoms with Gasteiger partial charge >= 0.3 is 6.55 Å². The van der Waals surface area contributed by atoms with E-state index in [2.05, 4.69) is 14.8 Å². The first-order valence-corrected chi connectivity index (χ1v) is 17.2. The molecule has 2 aromatic heterocycles. The second-order valence-electron chi connectivity index (χ2n) is 12.1. The molecule has 44 heavy (non-hydrogen) atoms. The lowest BCUT2D eigenvalue weighted by Gasteiger charge is -2.40. The lowest BCUT2D eigenvalue weighted by atomic mass is 9.76. The molecule has 15 heteroatoms. The zero-order valence-electron chi connectivity index (χ0n) is 23.6. The molecule has 0 spiro atoms. The number of aliphatic hydroxyl groups is 1. The van der Waals surface area contributed by atoms with Gasteiger partial charge in [-0.3, -0.25) is 4.99 Å². The summed E-state index contributed by atoms with van der Waals surface area (Å²) in [7, 11) is -3.77. The maximum absolute atomic E-state index is 14.1. The SMILES string of the molecule is CC1(O)C2CC[C@H]1C[C@H](S(=O)(=O)N[C@H]1CC3=C(c4ccn(C(F)F)n4)[C@H](c4ccc(F)cc4Cl)N=C(c4nccs4)N3C1)C2. The predicted molar refractivity (Wildman–Crippen MR) is 160 cm³/mol. The summed E-state index contributed by atoms with van der Waals surface area (Å²) >= 11 is 7.87. The molecule has 2 bridgehead atoms. The van der Waals surface area contributed by atoms with Crippen LogP contribution in [0.2, 0.25) is 5.02 Å². The van der Waals surface area contributed by atoms with Gasteiger partial charge in [0.25, 0.3) is 0 Å². The molecule has 2 aliphatic heterocycles. The highest BCUT2D eigenvalue weighted by molar-refractivity contribution is 7.90. The zero-order chi connectivity index (χ0) is 31.0. The van der Waals surface area contributed by atoms with Crippen molar-refractivity contribution in [2.75, 3.05) is 6.54 Å². The van der Waals surface area contributed by atoms with Gasteiger partial charge in [-0.1, -0.05) is 17.7 Å². The normalized spacial score (nSPS) is 30.3. The quantitative estimate of drug-likeness (QED) is 0.351. The summed E-state index contributed by atoms with van der Waals surface area (Å²) in [4.78, 5) is 11.3. The minimum Gasteiger partial charge on any atom is -0.390 e. The minimum atomic E-state index is -3.77. The summed E-state index contributed by atoms with van der Waals surface area (Å²) in [5.41, 5.74) is 0.954. The lowest BCUT2D eigenvalue weighted by Crippen LogP contribution is -2.50. The average Bonchev–Trinajstić information content (AvgIpc) is 3.74. The van der Waals surface area contributed by atoms with Gasteiger partial charge < -0.3 is 10.0 Å². The summed E-state index contributed by atoms with van der Waals surface area (Å²) in [5.74, 6) is -0.195. The number of aromatic nitrogens is 3. The fourth-order valence-electron chi connectivity index (χ4n) is 7.38. The molecule has 2 N–H and O–H groups in total. The van der Waals surface area contributed by atoms with Crippen molar-refractivity contribution in [1.29, 1.82) is 0 Å². The second kappa shape index (κ2) is 10.9. The van der Waals surface area contributed by atoms with Crippen molar-refractivity contribution < 1.29 is 26.7 Å². The van der Waals surface area contributed by atoms with Crippen LogP contribution in [-0.2, 0) is 10.0 Å². The van der Waals surface area contributed by atoms with Crippen LogP contribution in [-0.4, -0.2) is 62.5 Å². The third kappa shape index (κ3) is 5.08. The second-order valence-corrected chi connectivity index (χ2v) is 15.4. The smallest absolute Gasteiger partial charge is 0.333 e. The summed E-state index contributed by atoms with van der Waals surface area (Å²) in [6, 6.07) is 3.99. The number of thiazole rings is 1. The number of alkyl halides is 2. The van der Waals surface area contributed by atoms with Gasteiger partial charge in [-0.2, -0.15) is 13.9 Å². The molecule has 4 heterocycles. The van der Waals surface area contributed by atoms with Gasteiger partial charge in [-0.25, -0.2) is 27.2 Å². The maximum atomic E-state index is 14.1. The van der Waals surface area contributed by atoms with Crippen molar-refractivity contribution in [3.8, 4) is 0 Å². The molecule has 3 fully saturated rings. The number of hydrogen-bond acceptors (Lipinski definition) is 8. The van der Waals surface area contributed by atoms with Gasteiger partial charge in [0.1, 0.15) is 11.9 Å². The van der Waals surface area contributed by atoms with Crippen LogP contribution in [0.25, 0.3) is 5.57 Å². The Morgan fingerprint density at radius 2 is 1.95 bits per heavy atom. The van der Waals surface area contributed by atoms with Crippen LogP contribution in [0.4, 0.5) is 13.2 Å². The molecular weight excluding hydrogens is 637 g/mol. The summed E-state index contributed by atoms with van der Waals surface area (Å²) in [6.07, 6.45) is 5.44. The van der Waals surface area contributed by atoms with Crippen molar-refractivity contribution >= 4 is 44.4 Å². The number of hydrogen-bond donors (Lipinski definition) is 2. The highest BCUT2D eigenvalue weighted by Gasteiger charge is 2.53. The van der Waals surface area contributed by atoms with E-state index in [1.807, 2.05) is 11.8 Å². The molecule has 9 nitrogen and oxygen atoms in total. The monoisotopic (exact) mass is 666 g/mol. The van der Waals surface area contributed by atoms with E-state index >= 15 is 0 Å². The topological polar surface area (TPSA) is 113 Å². The molecule has 6 atom stereocenters. The van der Waals surface area contributed by atoms with Crippen LogP contribution in [0.3, 0.4) is 0 Å². The fraction of sp³-hybridized carbons (Fsp3) is 0.483. The largest absolute Gasteiger partial charge is 0.390 e. The number of rotatable bonds is 7. The van der Waals surface area contributed by atoms with Gasteiger partial charge in [-0.05, 0) is 62.6 Å². The number of fused-ring (bicyclic) bond motifs is 3. The van der Waals surface area contributed by atoms with Crippen LogP contribution >= 0.6 is 22.9 Å². The van der Waals surface area contributed by atoms with Crippen LogP contribution in [0.5, 0.6) is 0 Å². The number of benzene rings is 1. The Bertz CT molecular complexity index is 1740. The summed E-state index contributed by atoms with van der Waals surface area (Å²) in [6.45, 7) is -0.827. The Morgan fingerprint density at radius 1 is 1.20 bits per heavy atom. The number of sulfonamides is 1. The molecule has 1 saturated heterocycles. The van der Waals surface area contributed by atoms with E-state index < -0.39 is 45.3 Å². The molecule has 0 radical (unpaired) electrons. The van der Waals surface area contributed by atoms with Crippen molar-refractivity contribution in [2.24, 2.45) is 16.8 Å². The molecule has 2 saturated carbocycles. The van der Waals surface area contributed by atoms with E-state index in [0.29, 0.717) is 45.2 Å². The highest BCUT2D eigenvalue weighted by Crippen LogP contribution is 2.51. The zero-order valence-corrected chi connectivity index (χ0v) is 26.0. The standard InChI is InChI=1S/C29H30ClF3N6O3S2/c1-29(40)15-2-3-16(29)11-19(10-15)44(41,42)37-18-13-23-24(22-6-8-39(36-22)28(32)33)25(20-5-4-17(31)12-21(20)30)35-26(38(23)14-18)27-34-7-9-43-27/h4-9,12,15-16,18-19,25,28,37,40H,2-3,10-11,13-14H2,1H3/t15-,16?,18-,19-,25-,29?/m0/s1. The van der Waals surface area contributed by atoms with E-state index in [1.54, 1.807) is 11.6 Å². The van der Waals surface area contributed by atoms with Crippen LogP contribution in [0, 0.1) is 17.7 Å². The van der Waals surface area contributed by atoms with Crippen LogP contribution < -0.4 is 4.72 Å². The number of aliphatic imine (C=N–C) groups is 1. The van der Waals surface area contributed by atoms with Gasteiger partial charge in [0.2, 0.25) is 10.0 Å². The number of halogens is 4. The Kier molecular flexibility index (Phi) is 7.43. The average molecular weight is 667 g/mol. The molecule has 7 rings (SSSR count). The van der Waals surface area contributed by atoms with E-state index in [4.69, 9.17) is 16.6 Å². The van der Waals surface area contributed by atoms with E-state index in [9.17, 15) is 26.7 Å². The van der Waals surface area contributed by atoms with Gasteiger partial charge in [-0.15, -0.1) is 11.3 Å². The Morgan fingerprint density at radius 3 is 2.59 bits per heavy atom. The van der Waals surface area contributed by atoms with Gasteiger partial charge in [0.15, 0.2) is 10.8 Å². The van der Waals surface area contributed by atoms with Crippen molar-refractivity contribution in [1.82, 2.24) is 24.4 Å². The van der Waals surface area contributed by atoms with Gasteiger partial charge in [0.05, 0.1) is 16.5 Å². The summed E-state index contributed by atoms with van der Waals surface area (Å²) < 4.78 is 72.3. The Hall–Kier alpha value is -2.78. The lowest BCUT2D eigenvalue weighted by molar-refractivity contribution is -0.0414. The molecular formula is C29H30ClF3N6O3S2.